The highest BCUT2D eigenvalue weighted by Gasteiger charge is 2.17. The number of carbonyl (C=O) groups excluding carboxylic acids is 1. The Morgan fingerprint density at radius 2 is 2.19 bits per heavy atom. The van der Waals surface area contributed by atoms with E-state index in [-0.39, 0.29) is 10.8 Å². The van der Waals surface area contributed by atoms with Gasteiger partial charge >= 0.3 is 0 Å². The van der Waals surface area contributed by atoms with Gasteiger partial charge in [0.25, 0.3) is 5.91 Å². The second-order valence-corrected chi connectivity index (χ2v) is 8.34. The van der Waals surface area contributed by atoms with E-state index < -0.39 is 9.84 Å². The minimum atomic E-state index is -3.36. The maximum atomic E-state index is 12.2. The lowest BCUT2D eigenvalue weighted by Crippen LogP contribution is -2.13. The maximum Gasteiger partial charge on any atom is 0.256 e. The summed E-state index contributed by atoms with van der Waals surface area (Å²) in [7, 11) is -3.36. The third kappa shape index (κ3) is 4.05. The van der Waals surface area contributed by atoms with Crippen LogP contribution in [-0.4, -0.2) is 31.3 Å². The molecule has 0 unspecified atom stereocenters. The van der Waals surface area contributed by atoms with Crippen molar-refractivity contribution in [2.75, 3.05) is 17.3 Å². The standard InChI is InChI=1S/C13H14N2O3S3/c1-3-19-11-8-9(4-6-14-11)12(16)15-13-10(5-7-20-13)21(2,17)18/h4-8H,3H2,1-2H3,(H,15,16). The van der Waals surface area contributed by atoms with Crippen LogP contribution in [0.4, 0.5) is 5.00 Å². The van der Waals surface area contributed by atoms with Crippen LogP contribution in [0.3, 0.4) is 0 Å². The van der Waals surface area contributed by atoms with Crippen molar-refractivity contribution in [1.82, 2.24) is 4.98 Å². The number of carbonyl (C=O) groups is 1. The third-order valence-electron chi connectivity index (χ3n) is 2.54. The summed E-state index contributed by atoms with van der Waals surface area (Å²) in [6.07, 6.45) is 2.69. The topological polar surface area (TPSA) is 76.1 Å². The number of anilines is 1. The molecule has 2 aromatic heterocycles. The van der Waals surface area contributed by atoms with Crippen LogP contribution in [0.5, 0.6) is 0 Å². The van der Waals surface area contributed by atoms with Gasteiger partial charge in [-0.15, -0.1) is 23.1 Å². The van der Waals surface area contributed by atoms with E-state index >= 15 is 0 Å². The molecular formula is C13H14N2O3S3. The molecule has 112 valence electrons. The fraction of sp³-hybridized carbons (Fsp3) is 0.231. The highest BCUT2D eigenvalue weighted by Crippen LogP contribution is 2.28. The number of hydrogen-bond acceptors (Lipinski definition) is 6. The highest BCUT2D eigenvalue weighted by molar-refractivity contribution is 7.99. The average Bonchev–Trinajstić information content (AvgIpc) is 2.87. The Morgan fingerprint density at radius 1 is 1.43 bits per heavy atom. The second-order valence-electron chi connectivity index (χ2n) is 4.16. The van der Waals surface area contributed by atoms with Crippen LogP contribution >= 0.6 is 23.1 Å². The van der Waals surface area contributed by atoms with E-state index in [2.05, 4.69) is 10.3 Å². The third-order valence-corrected chi connectivity index (χ3v) is 5.45. The van der Waals surface area contributed by atoms with Crippen LogP contribution in [0.2, 0.25) is 0 Å². The van der Waals surface area contributed by atoms with Gasteiger partial charge in [0.15, 0.2) is 9.84 Å². The zero-order valence-electron chi connectivity index (χ0n) is 11.5. The van der Waals surface area contributed by atoms with Crippen LogP contribution in [0, 0.1) is 0 Å². The molecule has 0 atom stereocenters. The van der Waals surface area contributed by atoms with Gasteiger partial charge in [-0.3, -0.25) is 4.79 Å². The summed E-state index contributed by atoms with van der Waals surface area (Å²) in [5, 5.41) is 5.38. The molecule has 0 aliphatic heterocycles. The predicted octanol–water partition coefficient (Wildman–Crippen LogP) is 2.91. The molecule has 0 aromatic carbocycles. The summed E-state index contributed by atoms with van der Waals surface area (Å²) in [6.45, 7) is 2.00. The molecule has 0 saturated carbocycles. The molecule has 0 bridgehead atoms. The molecule has 8 heteroatoms. The first-order valence-corrected chi connectivity index (χ1v) is 9.85. The van der Waals surface area contributed by atoms with E-state index in [1.54, 1.807) is 23.7 Å². The number of thiophene rings is 1. The number of nitrogens with zero attached hydrogens (tertiary/aromatic N) is 1. The van der Waals surface area contributed by atoms with Crippen molar-refractivity contribution in [2.45, 2.75) is 16.8 Å². The Hall–Kier alpha value is -1.38. The van der Waals surface area contributed by atoms with Crippen LogP contribution < -0.4 is 5.32 Å². The molecule has 1 amide bonds. The van der Waals surface area contributed by atoms with Gasteiger partial charge in [0.2, 0.25) is 0 Å². The molecular weight excluding hydrogens is 328 g/mol. The number of nitrogens with one attached hydrogen (secondary N) is 1. The summed E-state index contributed by atoms with van der Waals surface area (Å²) >= 11 is 2.72. The average molecular weight is 342 g/mol. The van der Waals surface area contributed by atoms with E-state index in [0.29, 0.717) is 10.6 Å². The zero-order valence-corrected chi connectivity index (χ0v) is 13.9. The fourth-order valence-electron chi connectivity index (χ4n) is 1.63. The molecule has 2 rings (SSSR count). The van der Waals surface area contributed by atoms with Crippen LogP contribution in [-0.2, 0) is 9.84 Å². The monoisotopic (exact) mass is 342 g/mol. The number of hydrogen-bond donors (Lipinski definition) is 1. The number of thioether (sulfide) groups is 1. The lowest BCUT2D eigenvalue weighted by Gasteiger charge is -2.06. The Morgan fingerprint density at radius 3 is 2.86 bits per heavy atom. The van der Waals surface area contributed by atoms with Crippen molar-refractivity contribution < 1.29 is 13.2 Å². The largest absolute Gasteiger partial charge is 0.312 e. The summed E-state index contributed by atoms with van der Waals surface area (Å²) in [6, 6.07) is 4.78. The number of amides is 1. The van der Waals surface area contributed by atoms with Gasteiger partial charge in [-0.2, -0.15) is 0 Å². The number of rotatable bonds is 5. The summed E-state index contributed by atoms with van der Waals surface area (Å²) in [5.74, 6) is 0.518. The van der Waals surface area contributed by atoms with Crippen molar-refractivity contribution in [3.05, 3.63) is 35.3 Å². The normalized spacial score (nSPS) is 11.3. The summed E-state index contributed by atoms with van der Waals surface area (Å²) in [4.78, 5) is 16.5. The molecule has 0 saturated heterocycles. The van der Waals surface area contributed by atoms with E-state index in [4.69, 9.17) is 0 Å². The first-order chi connectivity index (χ1) is 9.91. The number of sulfone groups is 1. The first kappa shape index (κ1) is 16.0. The fourth-order valence-corrected chi connectivity index (χ4v) is 4.34. The van der Waals surface area contributed by atoms with Gasteiger partial charge in [0, 0.05) is 18.0 Å². The first-order valence-electron chi connectivity index (χ1n) is 6.09. The molecule has 0 radical (unpaired) electrons. The Kier molecular flexibility index (Phi) is 5.02. The maximum absolute atomic E-state index is 12.2. The van der Waals surface area contributed by atoms with Gasteiger partial charge in [-0.1, -0.05) is 6.92 Å². The zero-order chi connectivity index (χ0) is 15.5. The molecule has 2 heterocycles. The lowest BCUT2D eigenvalue weighted by atomic mass is 10.2. The molecule has 0 aliphatic carbocycles. The van der Waals surface area contributed by atoms with Crippen LogP contribution in [0.25, 0.3) is 0 Å². The summed E-state index contributed by atoms with van der Waals surface area (Å²) < 4.78 is 23.2. The van der Waals surface area contributed by atoms with Crippen molar-refractivity contribution in [1.29, 1.82) is 0 Å². The van der Waals surface area contributed by atoms with E-state index in [1.807, 2.05) is 6.92 Å². The van der Waals surface area contributed by atoms with Gasteiger partial charge in [0.1, 0.15) is 9.90 Å². The molecule has 2 aromatic rings. The van der Waals surface area contributed by atoms with Gasteiger partial charge in [-0.25, -0.2) is 13.4 Å². The van der Waals surface area contributed by atoms with Gasteiger partial charge < -0.3 is 5.32 Å². The molecule has 21 heavy (non-hydrogen) atoms. The van der Waals surface area contributed by atoms with E-state index in [0.717, 1.165) is 17.0 Å². The molecule has 0 spiro atoms. The van der Waals surface area contributed by atoms with E-state index in [1.165, 1.54) is 29.2 Å². The molecule has 5 nitrogen and oxygen atoms in total. The van der Waals surface area contributed by atoms with Gasteiger partial charge in [0.05, 0.1) is 5.03 Å². The quantitative estimate of drug-likeness (QED) is 0.846. The minimum absolute atomic E-state index is 0.137. The Balaban J connectivity index is 2.23. The minimum Gasteiger partial charge on any atom is -0.312 e. The van der Waals surface area contributed by atoms with Crippen molar-refractivity contribution in [3.8, 4) is 0 Å². The lowest BCUT2D eigenvalue weighted by molar-refractivity contribution is 0.102. The molecule has 0 fully saturated rings. The summed E-state index contributed by atoms with van der Waals surface area (Å²) in [5.41, 5.74) is 0.453. The second kappa shape index (κ2) is 6.59. The highest BCUT2D eigenvalue weighted by atomic mass is 32.2. The van der Waals surface area contributed by atoms with Gasteiger partial charge in [-0.05, 0) is 29.3 Å². The number of pyridine rings is 1. The van der Waals surface area contributed by atoms with Crippen molar-refractivity contribution >= 4 is 43.8 Å². The molecule has 0 aliphatic rings. The Bertz CT molecular complexity index is 754. The van der Waals surface area contributed by atoms with Crippen LogP contribution in [0.1, 0.15) is 17.3 Å². The number of aromatic nitrogens is 1. The SMILES string of the molecule is CCSc1cc(C(=O)Nc2sccc2S(C)(=O)=O)ccn1. The predicted molar refractivity (Wildman–Crippen MR) is 86.0 cm³/mol. The molecule has 1 N–H and O–H groups in total. The van der Waals surface area contributed by atoms with Crippen molar-refractivity contribution in [3.63, 3.8) is 0 Å². The van der Waals surface area contributed by atoms with E-state index in [9.17, 15) is 13.2 Å². The Labute approximate surface area is 131 Å². The van der Waals surface area contributed by atoms with Crippen molar-refractivity contribution in [2.24, 2.45) is 0 Å². The smallest absolute Gasteiger partial charge is 0.256 e. The van der Waals surface area contributed by atoms with Crippen LogP contribution in [0.15, 0.2) is 39.7 Å².